The monoisotopic (exact) mass is 601 g/mol. The molecule has 0 atom stereocenters. The molecule has 4 aromatic heterocycles. The predicted molar refractivity (Wildman–Crippen MR) is 169 cm³/mol. The molecule has 2 amide bonds. The van der Waals surface area contributed by atoms with Crippen molar-refractivity contribution in [1.82, 2.24) is 29.3 Å². The number of anilines is 2. The molecule has 2 aromatic carbocycles. The number of nitrogen functional groups attached to an aromatic ring is 1. The van der Waals surface area contributed by atoms with E-state index in [1.165, 1.54) is 29.7 Å². The third-order valence-corrected chi connectivity index (χ3v) is 7.35. The fourth-order valence-corrected chi connectivity index (χ4v) is 5.27. The minimum Gasteiger partial charge on any atom is -0.383 e. The lowest BCUT2D eigenvalue weighted by Crippen LogP contribution is -2.18. The van der Waals surface area contributed by atoms with Crippen molar-refractivity contribution in [3.8, 4) is 22.9 Å². The van der Waals surface area contributed by atoms with E-state index in [-0.39, 0.29) is 11.3 Å². The number of benzene rings is 2. The Hall–Kier alpha value is -6.17. The van der Waals surface area contributed by atoms with Crippen LogP contribution in [-0.2, 0) is 17.6 Å². The number of carbonyl (C=O) groups is 2. The van der Waals surface area contributed by atoms with Gasteiger partial charge in [-0.25, -0.2) is 24.0 Å². The highest BCUT2D eigenvalue weighted by atomic mass is 19.1. The van der Waals surface area contributed by atoms with Gasteiger partial charge in [-0.2, -0.15) is 5.10 Å². The van der Waals surface area contributed by atoms with Crippen molar-refractivity contribution in [2.24, 2.45) is 5.73 Å². The van der Waals surface area contributed by atoms with Gasteiger partial charge in [0.1, 0.15) is 17.2 Å². The number of carbonyl (C=O) groups excluding carboxylic acids is 2. The fraction of sp³-hybridized carbons (Fsp3) is 0.0909. The fourth-order valence-electron chi connectivity index (χ4n) is 5.27. The Morgan fingerprint density at radius 1 is 0.978 bits per heavy atom. The summed E-state index contributed by atoms with van der Waals surface area (Å²) in [5, 5.41) is 6.60. The lowest BCUT2D eigenvalue weighted by molar-refractivity contribution is -0.111. The minimum absolute atomic E-state index is 0.0346. The smallest absolute Gasteiger partial charge is 0.253 e. The molecule has 0 saturated heterocycles. The third kappa shape index (κ3) is 5.76. The summed E-state index contributed by atoms with van der Waals surface area (Å²) in [7, 11) is 0. The minimum atomic E-state index is -0.938. The van der Waals surface area contributed by atoms with Crippen LogP contribution in [0.5, 0.6) is 0 Å². The molecule has 0 radical (unpaired) electrons. The maximum absolute atomic E-state index is 13.2. The van der Waals surface area contributed by atoms with Crippen molar-refractivity contribution < 1.29 is 14.0 Å². The first-order valence-electron chi connectivity index (χ1n) is 14.1. The zero-order valence-electron chi connectivity index (χ0n) is 24.0. The van der Waals surface area contributed by atoms with Gasteiger partial charge in [-0.1, -0.05) is 18.7 Å². The lowest BCUT2D eigenvalue weighted by Gasteiger charge is -2.12. The van der Waals surface area contributed by atoms with Crippen molar-refractivity contribution in [3.63, 3.8) is 0 Å². The van der Waals surface area contributed by atoms with Crippen molar-refractivity contribution in [2.45, 2.75) is 19.3 Å². The van der Waals surface area contributed by atoms with E-state index in [2.05, 4.69) is 44.7 Å². The molecule has 1 aliphatic rings. The molecule has 4 heterocycles. The van der Waals surface area contributed by atoms with E-state index in [1.54, 1.807) is 17.1 Å². The highest BCUT2D eigenvalue weighted by molar-refractivity contribution is 6.06. The molecule has 45 heavy (non-hydrogen) atoms. The maximum atomic E-state index is 13.2. The number of amides is 2. The summed E-state index contributed by atoms with van der Waals surface area (Å²) in [5.74, 6) is -0.332. The zero-order valence-corrected chi connectivity index (χ0v) is 24.0. The van der Waals surface area contributed by atoms with Gasteiger partial charge >= 0.3 is 0 Å². The number of rotatable bonds is 6. The van der Waals surface area contributed by atoms with E-state index in [0.29, 0.717) is 5.82 Å². The summed E-state index contributed by atoms with van der Waals surface area (Å²) in [6, 6.07) is 20.0. The van der Waals surface area contributed by atoms with Gasteiger partial charge in [-0.15, -0.1) is 0 Å². The summed E-state index contributed by atoms with van der Waals surface area (Å²) < 4.78 is 17.0. The van der Waals surface area contributed by atoms with E-state index in [9.17, 15) is 14.0 Å². The number of primary amides is 1. The molecule has 0 fully saturated rings. The second-order valence-corrected chi connectivity index (χ2v) is 10.2. The quantitative estimate of drug-likeness (QED) is 0.232. The number of nitrogens with zero attached hydrogens (tertiary/aromatic N) is 6. The Morgan fingerprint density at radius 3 is 2.58 bits per heavy atom. The number of fused-ring (bicyclic) bond motifs is 2. The van der Waals surface area contributed by atoms with Crippen molar-refractivity contribution in [2.75, 3.05) is 11.1 Å². The highest BCUT2D eigenvalue weighted by Gasteiger charge is 2.20. The number of halogens is 1. The van der Waals surface area contributed by atoms with Crippen LogP contribution in [0.3, 0.4) is 0 Å². The van der Waals surface area contributed by atoms with E-state index in [1.807, 2.05) is 36.5 Å². The van der Waals surface area contributed by atoms with Crippen LogP contribution in [0.2, 0.25) is 0 Å². The topological polar surface area (TPSA) is 160 Å². The van der Waals surface area contributed by atoms with Crippen LogP contribution in [0.15, 0.2) is 98.0 Å². The Balaban J connectivity index is 0.000000202. The molecule has 7 rings (SSSR count). The van der Waals surface area contributed by atoms with Gasteiger partial charge in [0, 0.05) is 24.3 Å². The first-order chi connectivity index (χ1) is 21.8. The van der Waals surface area contributed by atoms with Crippen LogP contribution in [0.4, 0.5) is 15.9 Å². The number of pyridine rings is 2. The molecule has 0 saturated carbocycles. The molecule has 12 heteroatoms. The molecule has 5 N–H and O–H groups in total. The number of nitrogens with two attached hydrogens (primary N) is 2. The average molecular weight is 602 g/mol. The Bertz CT molecular complexity index is 2070. The van der Waals surface area contributed by atoms with E-state index < -0.39 is 17.6 Å². The maximum Gasteiger partial charge on any atom is 0.253 e. The average Bonchev–Trinajstić information content (AvgIpc) is 3.81. The Morgan fingerprint density at radius 2 is 1.82 bits per heavy atom. The van der Waals surface area contributed by atoms with Gasteiger partial charge in [0.15, 0.2) is 17.3 Å². The zero-order chi connectivity index (χ0) is 31.5. The number of hydrogen-bond donors (Lipinski definition) is 3. The van der Waals surface area contributed by atoms with Gasteiger partial charge in [-0.3, -0.25) is 14.2 Å². The summed E-state index contributed by atoms with van der Waals surface area (Å²) in [6.45, 7) is 3.23. The van der Waals surface area contributed by atoms with Gasteiger partial charge < -0.3 is 16.8 Å². The van der Waals surface area contributed by atoms with Crippen LogP contribution in [0.25, 0.3) is 34.1 Å². The van der Waals surface area contributed by atoms with Crippen LogP contribution >= 0.6 is 0 Å². The van der Waals surface area contributed by atoms with Gasteiger partial charge in [0.25, 0.3) is 5.91 Å². The van der Waals surface area contributed by atoms with Gasteiger partial charge in [-0.05, 0) is 91.1 Å². The second kappa shape index (κ2) is 12.2. The van der Waals surface area contributed by atoms with Crippen LogP contribution in [-0.4, -0.2) is 41.1 Å². The Kier molecular flexibility index (Phi) is 7.85. The van der Waals surface area contributed by atoms with Crippen LogP contribution in [0, 0.1) is 5.82 Å². The van der Waals surface area contributed by atoms with E-state index in [0.717, 1.165) is 59.0 Å². The number of imidazole rings is 1. The van der Waals surface area contributed by atoms with Gasteiger partial charge in [0.2, 0.25) is 5.91 Å². The highest BCUT2D eigenvalue weighted by Crippen LogP contribution is 2.32. The SMILES string of the molecule is C=CC(=O)Nc1cccc(F)c1C(N)=O.Nc1ncccc1-c1nc2ccc(-n3cccn3)nc2n1-c1ccc2c(c1)CCC2. The third-order valence-electron chi connectivity index (χ3n) is 7.35. The number of nitrogens with one attached hydrogen (secondary N) is 1. The molecular formula is C33H28FN9O2. The molecule has 0 aliphatic heterocycles. The molecule has 0 unspecified atom stereocenters. The van der Waals surface area contributed by atoms with Gasteiger partial charge in [0.05, 0.1) is 16.8 Å². The largest absolute Gasteiger partial charge is 0.383 e. The number of aromatic nitrogens is 6. The standard InChI is InChI=1S/C23H19N7.C10H9FN2O2/c24-21-18(6-2-11-25-21)22-27-19-9-10-20(29-13-3-12-26-29)28-23(19)30(22)17-8-7-15-4-1-5-16(15)14-17;1-2-8(14)13-7-5-3-4-6(11)9(7)10(12)15/h2-3,6-14H,1,4-5H2,(H2,24,25);2-5H,1H2,(H2,12,15)(H,13,14). The summed E-state index contributed by atoms with van der Waals surface area (Å²) >= 11 is 0. The summed E-state index contributed by atoms with van der Waals surface area (Å²) in [4.78, 5) is 35.9. The second-order valence-electron chi connectivity index (χ2n) is 10.2. The molecule has 1 aliphatic carbocycles. The molecule has 6 aromatic rings. The van der Waals surface area contributed by atoms with Crippen LogP contribution < -0.4 is 16.8 Å². The predicted octanol–water partition coefficient (Wildman–Crippen LogP) is 4.79. The first kappa shape index (κ1) is 28.9. The normalized spacial score (nSPS) is 11.8. The van der Waals surface area contributed by atoms with E-state index in [4.69, 9.17) is 21.4 Å². The molecular weight excluding hydrogens is 573 g/mol. The molecule has 0 spiro atoms. The van der Waals surface area contributed by atoms with Crippen molar-refractivity contribution in [3.05, 3.63) is 120 Å². The van der Waals surface area contributed by atoms with Crippen molar-refractivity contribution >= 4 is 34.5 Å². The van der Waals surface area contributed by atoms with Crippen LogP contribution in [0.1, 0.15) is 27.9 Å². The lowest BCUT2D eigenvalue weighted by atomic mass is 10.1. The number of aryl methyl sites for hydroxylation is 2. The Labute approximate surface area is 257 Å². The summed E-state index contributed by atoms with van der Waals surface area (Å²) in [6.07, 6.45) is 9.77. The molecule has 224 valence electrons. The first-order valence-corrected chi connectivity index (χ1v) is 14.1. The summed E-state index contributed by atoms with van der Waals surface area (Å²) in [5.41, 5.74) is 17.1. The number of hydrogen-bond acceptors (Lipinski definition) is 7. The van der Waals surface area contributed by atoms with E-state index >= 15 is 0 Å². The van der Waals surface area contributed by atoms with Crippen molar-refractivity contribution in [1.29, 1.82) is 0 Å². The molecule has 11 nitrogen and oxygen atoms in total. The molecule has 0 bridgehead atoms.